The van der Waals surface area contributed by atoms with Crippen LogP contribution in [0.2, 0.25) is 0 Å². The van der Waals surface area contributed by atoms with E-state index in [-0.39, 0.29) is 11.6 Å². The predicted octanol–water partition coefficient (Wildman–Crippen LogP) is 3.76. The third kappa shape index (κ3) is 6.15. The summed E-state index contributed by atoms with van der Waals surface area (Å²) in [4.78, 5) is 14.5. The van der Waals surface area contributed by atoms with Crippen LogP contribution in [-0.2, 0) is 6.54 Å². The maximum atomic E-state index is 12.0. The van der Waals surface area contributed by atoms with Crippen molar-refractivity contribution < 1.29 is 4.79 Å². The molecule has 1 unspecified atom stereocenters. The first-order valence-corrected chi connectivity index (χ1v) is 9.15. The van der Waals surface area contributed by atoms with Crippen LogP contribution in [0, 0.1) is 5.92 Å². The number of likely N-dealkylation sites (tertiary alicyclic amines) is 1. The minimum Gasteiger partial charge on any atom is -0.338 e. The fourth-order valence-electron chi connectivity index (χ4n) is 2.93. The first kappa shape index (κ1) is 18.3. The fourth-order valence-corrected chi connectivity index (χ4v) is 3.19. The second kappa shape index (κ2) is 8.15. The van der Waals surface area contributed by atoms with Crippen LogP contribution in [0.1, 0.15) is 39.2 Å². The lowest BCUT2D eigenvalue weighted by Crippen LogP contribution is -2.49. The molecule has 2 rings (SSSR count). The fraction of sp³-hybridized carbons (Fsp3) is 0.611. The molecule has 1 aromatic carbocycles. The molecule has 2 amide bonds. The summed E-state index contributed by atoms with van der Waals surface area (Å²) in [5, 5.41) is 5.94. The molecule has 128 valence electrons. The first-order chi connectivity index (χ1) is 10.8. The van der Waals surface area contributed by atoms with E-state index in [0.717, 1.165) is 29.7 Å². The maximum absolute atomic E-state index is 12.0. The molecule has 0 radical (unpaired) electrons. The lowest BCUT2D eigenvalue weighted by Gasteiger charge is -2.41. The lowest BCUT2D eigenvalue weighted by molar-refractivity contribution is 0.0794. The van der Waals surface area contributed by atoms with Gasteiger partial charge in [0.25, 0.3) is 0 Å². The van der Waals surface area contributed by atoms with Crippen molar-refractivity contribution in [2.24, 2.45) is 5.92 Å². The average Bonchev–Trinajstić information content (AvgIpc) is 2.52. The summed E-state index contributed by atoms with van der Waals surface area (Å²) >= 11 is 3.41. The number of rotatable bonds is 4. The molecule has 1 aliphatic rings. The monoisotopic (exact) mass is 381 g/mol. The van der Waals surface area contributed by atoms with Gasteiger partial charge in [0.1, 0.15) is 0 Å². The Balaban J connectivity index is 1.70. The van der Waals surface area contributed by atoms with Gasteiger partial charge in [-0.2, -0.15) is 0 Å². The standard InChI is InChI=1S/C18H28BrN3O/c1-18(2,3)22-10-4-5-15(13-22)12-21-17(23)20-11-14-6-8-16(19)9-7-14/h6-9,15H,4-5,10-13H2,1-3H3,(H2,20,21,23). The van der Waals surface area contributed by atoms with Crippen molar-refractivity contribution >= 4 is 22.0 Å². The smallest absolute Gasteiger partial charge is 0.315 e. The van der Waals surface area contributed by atoms with Crippen LogP contribution in [0.5, 0.6) is 0 Å². The Morgan fingerprint density at radius 3 is 2.61 bits per heavy atom. The molecule has 1 heterocycles. The zero-order valence-corrected chi connectivity index (χ0v) is 15.9. The number of benzene rings is 1. The van der Waals surface area contributed by atoms with E-state index in [1.807, 2.05) is 24.3 Å². The van der Waals surface area contributed by atoms with Gasteiger partial charge >= 0.3 is 6.03 Å². The van der Waals surface area contributed by atoms with E-state index in [1.165, 1.54) is 12.8 Å². The molecule has 0 saturated carbocycles. The average molecular weight is 382 g/mol. The number of hydrogen-bond acceptors (Lipinski definition) is 2. The van der Waals surface area contributed by atoms with Gasteiger partial charge in [-0.25, -0.2) is 4.79 Å². The van der Waals surface area contributed by atoms with Crippen molar-refractivity contribution in [2.75, 3.05) is 19.6 Å². The molecule has 5 heteroatoms. The minimum absolute atomic E-state index is 0.0826. The molecule has 4 nitrogen and oxygen atoms in total. The topological polar surface area (TPSA) is 44.4 Å². The third-order valence-electron chi connectivity index (χ3n) is 4.39. The van der Waals surface area contributed by atoms with Crippen LogP contribution in [0.25, 0.3) is 0 Å². The van der Waals surface area contributed by atoms with Crippen LogP contribution < -0.4 is 10.6 Å². The van der Waals surface area contributed by atoms with Crippen molar-refractivity contribution in [1.82, 2.24) is 15.5 Å². The zero-order valence-electron chi connectivity index (χ0n) is 14.4. The molecule has 1 saturated heterocycles. The molecule has 1 aromatic rings. The van der Waals surface area contributed by atoms with Gasteiger partial charge in [0, 0.05) is 29.6 Å². The Morgan fingerprint density at radius 1 is 1.26 bits per heavy atom. The van der Waals surface area contributed by atoms with E-state index in [4.69, 9.17) is 0 Å². The number of urea groups is 1. The number of amides is 2. The Kier molecular flexibility index (Phi) is 6.48. The van der Waals surface area contributed by atoms with E-state index in [0.29, 0.717) is 12.5 Å². The number of carbonyl (C=O) groups is 1. The van der Waals surface area contributed by atoms with Crippen molar-refractivity contribution in [3.05, 3.63) is 34.3 Å². The van der Waals surface area contributed by atoms with E-state index in [2.05, 4.69) is 52.2 Å². The number of hydrogen-bond donors (Lipinski definition) is 2. The molecule has 0 bridgehead atoms. The number of nitrogens with zero attached hydrogens (tertiary/aromatic N) is 1. The van der Waals surface area contributed by atoms with Crippen molar-refractivity contribution in [3.63, 3.8) is 0 Å². The Hall–Kier alpha value is -1.07. The second-order valence-electron chi connectivity index (χ2n) is 7.32. The summed E-state index contributed by atoms with van der Waals surface area (Å²) in [6.07, 6.45) is 2.41. The van der Waals surface area contributed by atoms with Crippen LogP contribution in [-0.4, -0.2) is 36.1 Å². The van der Waals surface area contributed by atoms with Gasteiger partial charge in [-0.1, -0.05) is 28.1 Å². The van der Waals surface area contributed by atoms with Crippen LogP contribution in [0.4, 0.5) is 4.79 Å². The summed E-state index contributed by atoms with van der Waals surface area (Å²) in [7, 11) is 0. The molecular weight excluding hydrogens is 354 g/mol. The third-order valence-corrected chi connectivity index (χ3v) is 4.91. The normalized spacial score (nSPS) is 19.4. The highest BCUT2D eigenvalue weighted by atomic mass is 79.9. The van der Waals surface area contributed by atoms with Crippen molar-refractivity contribution in [2.45, 2.75) is 45.7 Å². The maximum Gasteiger partial charge on any atom is 0.315 e. The summed E-state index contributed by atoms with van der Waals surface area (Å²) in [5.41, 5.74) is 1.31. The van der Waals surface area contributed by atoms with Crippen molar-refractivity contribution in [1.29, 1.82) is 0 Å². The molecule has 1 atom stereocenters. The van der Waals surface area contributed by atoms with Gasteiger partial charge in [-0.3, -0.25) is 4.90 Å². The minimum atomic E-state index is -0.0826. The molecular formula is C18H28BrN3O. The Labute approximate surface area is 148 Å². The van der Waals surface area contributed by atoms with Gasteiger partial charge in [-0.05, 0) is 63.8 Å². The summed E-state index contributed by atoms with van der Waals surface area (Å²) < 4.78 is 1.05. The summed E-state index contributed by atoms with van der Waals surface area (Å²) in [5.74, 6) is 0.543. The quantitative estimate of drug-likeness (QED) is 0.833. The number of carbonyl (C=O) groups excluding carboxylic acids is 1. The molecule has 0 spiro atoms. The highest BCUT2D eigenvalue weighted by Gasteiger charge is 2.27. The predicted molar refractivity (Wildman–Crippen MR) is 98.4 cm³/mol. The molecule has 1 aliphatic heterocycles. The van der Waals surface area contributed by atoms with Gasteiger partial charge < -0.3 is 10.6 Å². The Bertz CT molecular complexity index is 510. The molecule has 0 aliphatic carbocycles. The van der Waals surface area contributed by atoms with Crippen LogP contribution >= 0.6 is 15.9 Å². The van der Waals surface area contributed by atoms with Crippen LogP contribution in [0.3, 0.4) is 0 Å². The van der Waals surface area contributed by atoms with Crippen molar-refractivity contribution in [3.8, 4) is 0 Å². The number of halogens is 1. The van der Waals surface area contributed by atoms with Gasteiger partial charge in [0.15, 0.2) is 0 Å². The largest absolute Gasteiger partial charge is 0.338 e. The summed E-state index contributed by atoms with van der Waals surface area (Å²) in [6, 6.07) is 7.90. The van der Waals surface area contributed by atoms with Gasteiger partial charge in [0.05, 0.1) is 0 Å². The molecule has 0 aromatic heterocycles. The highest BCUT2D eigenvalue weighted by Crippen LogP contribution is 2.23. The first-order valence-electron chi connectivity index (χ1n) is 8.36. The molecule has 2 N–H and O–H groups in total. The SMILES string of the molecule is CC(C)(C)N1CCCC(CNC(=O)NCc2ccc(Br)cc2)C1. The number of piperidine rings is 1. The number of nitrogens with one attached hydrogen (secondary N) is 2. The summed E-state index contributed by atoms with van der Waals surface area (Å²) in [6.45, 7) is 10.3. The zero-order chi connectivity index (χ0) is 16.9. The Morgan fingerprint density at radius 2 is 1.96 bits per heavy atom. The lowest BCUT2D eigenvalue weighted by atomic mass is 9.93. The van der Waals surface area contributed by atoms with E-state index in [1.54, 1.807) is 0 Å². The second-order valence-corrected chi connectivity index (χ2v) is 8.23. The van der Waals surface area contributed by atoms with E-state index < -0.39 is 0 Å². The van der Waals surface area contributed by atoms with E-state index >= 15 is 0 Å². The van der Waals surface area contributed by atoms with E-state index in [9.17, 15) is 4.79 Å². The highest BCUT2D eigenvalue weighted by molar-refractivity contribution is 9.10. The molecule has 1 fully saturated rings. The molecule has 23 heavy (non-hydrogen) atoms. The van der Waals surface area contributed by atoms with Gasteiger partial charge in [-0.15, -0.1) is 0 Å². The van der Waals surface area contributed by atoms with Gasteiger partial charge in [0.2, 0.25) is 0 Å². The van der Waals surface area contributed by atoms with Crippen LogP contribution in [0.15, 0.2) is 28.7 Å².